The number of likely N-dealkylation sites (tertiary alicyclic amines) is 1. The smallest absolute Gasteiger partial charge is 0.387 e. The molecule has 2 aliphatic rings. The number of aliphatic hydroxyl groups is 1. The number of nitrogens with one attached hydrogen (secondary N) is 1. The molecule has 0 radical (unpaired) electrons. The summed E-state index contributed by atoms with van der Waals surface area (Å²) in [7, 11) is 2.77. The van der Waals surface area contributed by atoms with Gasteiger partial charge in [-0.1, -0.05) is 0 Å². The van der Waals surface area contributed by atoms with Gasteiger partial charge in [-0.3, -0.25) is 14.5 Å². The van der Waals surface area contributed by atoms with Crippen LogP contribution in [0.15, 0.2) is 48.5 Å². The maximum atomic E-state index is 15.4. The number of carbonyl (C=O) groups excluding carboxylic acids is 2. The van der Waals surface area contributed by atoms with Crippen molar-refractivity contribution in [2.24, 2.45) is 5.92 Å². The number of pyridine rings is 1. The van der Waals surface area contributed by atoms with Crippen molar-refractivity contribution in [1.82, 2.24) is 15.2 Å². The predicted molar refractivity (Wildman–Crippen MR) is 163 cm³/mol. The minimum atomic E-state index is -3.03. The molecule has 2 atom stereocenters. The second-order valence-corrected chi connectivity index (χ2v) is 11.4. The number of aliphatic hydroxyl groups excluding tert-OH is 1. The van der Waals surface area contributed by atoms with Gasteiger partial charge in [0, 0.05) is 72.6 Å². The fourth-order valence-corrected chi connectivity index (χ4v) is 6.21. The van der Waals surface area contributed by atoms with Crippen molar-refractivity contribution in [3.63, 3.8) is 0 Å². The van der Waals surface area contributed by atoms with Gasteiger partial charge in [0.15, 0.2) is 0 Å². The number of aromatic nitrogens is 1. The number of carbonyl (C=O) groups is 2. The number of methoxy groups -OCH3 is 2. The molecule has 2 amide bonds. The molecule has 2 N–H and O–H groups in total. The Labute approximate surface area is 269 Å². The summed E-state index contributed by atoms with van der Waals surface area (Å²) in [5.41, 5.74) is 0.496. The highest BCUT2D eigenvalue weighted by atomic mass is 19.3. The molecule has 0 saturated carbocycles. The van der Waals surface area contributed by atoms with Gasteiger partial charge >= 0.3 is 6.61 Å². The molecule has 2 aromatic carbocycles. The zero-order valence-electron chi connectivity index (χ0n) is 25.9. The van der Waals surface area contributed by atoms with E-state index in [0.29, 0.717) is 18.0 Å². The molecular formula is C33H36F4N4O6. The predicted octanol–water partition coefficient (Wildman–Crippen LogP) is 4.33. The molecule has 252 valence electrons. The van der Waals surface area contributed by atoms with Gasteiger partial charge < -0.3 is 29.5 Å². The van der Waals surface area contributed by atoms with Gasteiger partial charge in [-0.15, -0.1) is 0 Å². The Bertz CT molecular complexity index is 1550. The van der Waals surface area contributed by atoms with Crippen LogP contribution in [-0.2, 0) is 4.79 Å². The summed E-state index contributed by atoms with van der Waals surface area (Å²) >= 11 is 0. The number of alkyl halides is 2. The minimum Gasteiger partial charge on any atom is -0.497 e. The van der Waals surface area contributed by atoms with Crippen LogP contribution in [0.4, 0.5) is 23.4 Å². The van der Waals surface area contributed by atoms with E-state index in [9.17, 15) is 23.5 Å². The summed E-state index contributed by atoms with van der Waals surface area (Å²) in [6.45, 7) is -1.24. The molecule has 2 fully saturated rings. The highest BCUT2D eigenvalue weighted by Crippen LogP contribution is 2.41. The number of benzene rings is 2. The molecule has 0 bridgehead atoms. The number of amides is 2. The number of hydrogen-bond donors (Lipinski definition) is 2. The number of halogens is 4. The first-order chi connectivity index (χ1) is 22.6. The first kappa shape index (κ1) is 33.9. The molecule has 0 spiro atoms. The third kappa shape index (κ3) is 7.76. The van der Waals surface area contributed by atoms with E-state index in [-0.39, 0.29) is 54.1 Å². The maximum Gasteiger partial charge on any atom is 0.387 e. The summed E-state index contributed by atoms with van der Waals surface area (Å²) in [6.07, 6.45) is 1.56. The van der Waals surface area contributed by atoms with Crippen molar-refractivity contribution in [1.29, 1.82) is 0 Å². The lowest BCUT2D eigenvalue weighted by Crippen LogP contribution is -2.36. The molecule has 10 nitrogen and oxygen atoms in total. The molecular weight excluding hydrogens is 624 g/mol. The molecule has 3 heterocycles. The van der Waals surface area contributed by atoms with E-state index in [1.807, 2.05) is 6.07 Å². The van der Waals surface area contributed by atoms with Crippen molar-refractivity contribution in [3.05, 3.63) is 77.0 Å². The number of anilines is 1. The summed E-state index contributed by atoms with van der Waals surface area (Å²) in [5.74, 6) is -4.42. The number of nitrogens with zero attached hydrogens (tertiary/aromatic N) is 3. The van der Waals surface area contributed by atoms with E-state index >= 15 is 8.78 Å². The molecule has 1 unspecified atom stereocenters. The summed E-state index contributed by atoms with van der Waals surface area (Å²) in [4.78, 5) is 35.4. The number of ether oxygens (including phenoxy) is 3. The van der Waals surface area contributed by atoms with Crippen LogP contribution in [0.5, 0.6) is 17.2 Å². The van der Waals surface area contributed by atoms with Crippen molar-refractivity contribution in [2.75, 3.05) is 58.5 Å². The highest BCUT2D eigenvalue weighted by Gasteiger charge is 2.45. The Kier molecular flexibility index (Phi) is 10.8. The van der Waals surface area contributed by atoms with E-state index in [2.05, 4.69) is 15.0 Å². The molecule has 5 rings (SSSR count). The summed E-state index contributed by atoms with van der Waals surface area (Å²) in [6, 6.07) is 10.5. The summed E-state index contributed by atoms with van der Waals surface area (Å²) < 4.78 is 70.7. The second-order valence-electron chi connectivity index (χ2n) is 11.4. The van der Waals surface area contributed by atoms with Crippen molar-refractivity contribution < 1.29 is 46.5 Å². The van der Waals surface area contributed by atoms with Crippen LogP contribution in [0.25, 0.3) is 0 Å². The van der Waals surface area contributed by atoms with Crippen LogP contribution in [0.3, 0.4) is 0 Å². The van der Waals surface area contributed by atoms with Gasteiger partial charge in [-0.05, 0) is 50.2 Å². The molecule has 47 heavy (non-hydrogen) atoms. The number of β-amino-alcohol motifs (C(OH)–C–C–N with tert-alkyl or cyclic N) is 1. The first-order valence-electron chi connectivity index (χ1n) is 15.2. The minimum absolute atomic E-state index is 0.0295. The zero-order valence-corrected chi connectivity index (χ0v) is 25.9. The number of hydrogen-bond acceptors (Lipinski definition) is 8. The fraction of sp³-hybridized carbons (Fsp3) is 0.424. The standard InChI is InChI=1S/C33H36F4N4O6/c1-45-22-13-26(34)30(27(35)14-22)25-18-41(29-16-23(46-2)15-28(39-29)19-7-9-40(10-8-19)11-12-42)32(44)24(25)17-38-31(43)20-3-5-21(6-4-20)47-33(36)37/h3-6,13-16,19,24-25,33,42H,7-12,17-18H2,1-2H3,(H,38,43)/t24?,25-/m1/s1. The normalized spacial score (nSPS) is 18.9. The maximum absolute atomic E-state index is 15.4. The van der Waals surface area contributed by atoms with E-state index in [4.69, 9.17) is 14.5 Å². The number of piperidine rings is 1. The fourth-order valence-electron chi connectivity index (χ4n) is 6.21. The van der Waals surface area contributed by atoms with Crippen molar-refractivity contribution in [3.8, 4) is 17.2 Å². The van der Waals surface area contributed by atoms with Crippen LogP contribution in [0, 0.1) is 17.6 Å². The topological polar surface area (TPSA) is 113 Å². The molecule has 2 saturated heterocycles. The Morgan fingerprint density at radius 2 is 1.64 bits per heavy atom. The van der Waals surface area contributed by atoms with Crippen LogP contribution >= 0.6 is 0 Å². The lowest BCUT2D eigenvalue weighted by atomic mass is 9.87. The van der Waals surface area contributed by atoms with Gasteiger partial charge in [0.1, 0.15) is 34.7 Å². The van der Waals surface area contributed by atoms with Gasteiger partial charge in [0.2, 0.25) is 5.91 Å². The average Bonchev–Trinajstić information content (AvgIpc) is 3.38. The quantitative estimate of drug-likeness (QED) is 0.276. The lowest BCUT2D eigenvalue weighted by Gasteiger charge is -2.31. The Morgan fingerprint density at radius 1 is 1.00 bits per heavy atom. The summed E-state index contributed by atoms with van der Waals surface area (Å²) in [5, 5.41) is 11.9. The zero-order chi connectivity index (χ0) is 33.7. The van der Waals surface area contributed by atoms with Gasteiger partial charge in [-0.2, -0.15) is 8.78 Å². The van der Waals surface area contributed by atoms with Gasteiger partial charge in [0.25, 0.3) is 5.91 Å². The van der Waals surface area contributed by atoms with Gasteiger partial charge in [0.05, 0.1) is 26.7 Å². The van der Waals surface area contributed by atoms with Crippen LogP contribution in [-0.4, -0.2) is 87.0 Å². The average molecular weight is 661 g/mol. The van der Waals surface area contributed by atoms with E-state index in [1.165, 1.54) is 43.4 Å². The van der Waals surface area contributed by atoms with Crippen molar-refractivity contribution >= 4 is 17.6 Å². The largest absolute Gasteiger partial charge is 0.497 e. The van der Waals surface area contributed by atoms with Crippen LogP contribution in [0.1, 0.15) is 46.3 Å². The molecule has 14 heteroatoms. The Morgan fingerprint density at radius 3 is 2.23 bits per heavy atom. The first-order valence-corrected chi connectivity index (χ1v) is 15.2. The molecule has 3 aromatic rings. The molecule has 2 aliphatic heterocycles. The lowest BCUT2D eigenvalue weighted by molar-refractivity contribution is -0.120. The molecule has 0 aliphatic carbocycles. The van der Waals surface area contributed by atoms with Gasteiger partial charge in [-0.25, -0.2) is 13.8 Å². The van der Waals surface area contributed by atoms with Crippen LogP contribution in [0.2, 0.25) is 0 Å². The van der Waals surface area contributed by atoms with Crippen LogP contribution < -0.4 is 24.4 Å². The number of rotatable bonds is 12. The Balaban J connectivity index is 1.43. The SMILES string of the molecule is COc1cc(C2CCN(CCO)CC2)nc(N2C[C@@H](c3c(F)cc(OC)cc3F)C(CNC(=O)c3ccc(OC(F)F)cc3)C2=O)c1. The Hall–Kier alpha value is -4.43. The van der Waals surface area contributed by atoms with E-state index in [0.717, 1.165) is 38.1 Å². The third-order valence-electron chi connectivity index (χ3n) is 8.67. The highest BCUT2D eigenvalue weighted by molar-refractivity contribution is 5.99. The monoisotopic (exact) mass is 660 g/mol. The third-order valence-corrected chi connectivity index (χ3v) is 8.67. The second kappa shape index (κ2) is 15.0. The van der Waals surface area contributed by atoms with E-state index in [1.54, 1.807) is 6.07 Å². The molecule has 1 aromatic heterocycles. The van der Waals surface area contributed by atoms with E-state index < -0.39 is 41.9 Å². The van der Waals surface area contributed by atoms with Crippen molar-refractivity contribution in [2.45, 2.75) is 31.3 Å².